The summed E-state index contributed by atoms with van der Waals surface area (Å²) in [4.78, 5) is 0. The standard InChI is InChI=1S/C11H22O/c1-8(2)10(12)9-5-6-11(3,4)7-9/h8-10,12H,5-7H2,1-4H3. The first-order chi connectivity index (χ1) is 5.42. The van der Waals surface area contributed by atoms with E-state index in [0.29, 0.717) is 17.3 Å². The maximum Gasteiger partial charge on any atom is 0.0591 e. The van der Waals surface area contributed by atoms with Crippen LogP contribution in [0.15, 0.2) is 0 Å². The molecular weight excluding hydrogens is 148 g/mol. The second-order valence-corrected chi connectivity index (χ2v) is 5.40. The Hall–Kier alpha value is -0.0400. The largest absolute Gasteiger partial charge is 0.393 e. The summed E-state index contributed by atoms with van der Waals surface area (Å²) >= 11 is 0. The summed E-state index contributed by atoms with van der Waals surface area (Å²) in [5.41, 5.74) is 0.473. The van der Waals surface area contributed by atoms with Crippen LogP contribution in [-0.4, -0.2) is 11.2 Å². The molecule has 0 bridgehead atoms. The van der Waals surface area contributed by atoms with E-state index in [9.17, 15) is 5.11 Å². The summed E-state index contributed by atoms with van der Waals surface area (Å²) in [6.45, 7) is 8.83. The zero-order chi connectivity index (χ0) is 9.35. The third kappa shape index (κ3) is 2.22. The van der Waals surface area contributed by atoms with Gasteiger partial charge in [-0.25, -0.2) is 0 Å². The lowest BCUT2D eigenvalue weighted by Crippen LogP contribution is -2.24. The minimum absolute atomic E-state index is 0.0771. The molecule has 0 aromatic heterocycles. The molecule has 1 nitrogen and oxygen atoms in total. The van der Waals surface area contributed by atoms with Gasteiger partial charge >= 0.3 is 0 Å². The molecule has 0 heterocycles. The molecule has 72 valence electrons. The highest BCUT2D eigenvalue weighted by Crippen LogP contribution is 2.43. The second-order valence-electron chi connectivity index (χ2n) is 5.40. The van der Waals surface area contributed by atoms with Gasteiger partial charge in [0, 0.05) is 0 Å². The average Bonchev–Trinajstić information content (AvgIpc) is 2.28. The normalized spacial score (nSPS) is 31.0. The molecule has 0 aromatic rings. The Morgan fingerprint density at radius 3 is 2.25 bits per heavy atom. The topological polar surface area (TPSA) is 20.2 Å². The Morgan fingerprint density at radius 1 is 1.33 bits per heavy atom. The zero-order valence-corrected chi connectivity index (χ0v) is 8.80. The summed E-state index contributed by atoms with van der Waals surface area (Å²) in [5, 5.41) is 9.86. The molecule has 1 heteroatoms. The molecule has 0 amide bonds. The third-order valence-electron chi connectivity index (χ3n) is 3.17. The van der Waals surface area contributed by atoms with Crippen molar-refractivity contribution in [3.63, 3.8) is 0 Å². The van der Waals surface area contributed by atoms with Crippen molar-refractivity contribution in [1.29, 1.82) is 0 Å². The Morgan fingerprint density at radius 2 is 1.92 bits per heavy atom. The molecule has 1 rings (SSSR count). The van der Waals surface area contributed by atoms with Gasteiger partial charge in [0.05, 0.1) is 6.10 Å². The monoisotopic (exact) mass is 170 g/mol. The molecule has 0 aliphatic heterocycles. The quantitative estimate of drug-likeness (QED) is 0.675. The van der Waals surface area contributed by atoms with E-state index in [4.69, 9.17) is 0 Å². The van der Waals surface area contributed by atoms with Crippen LogP contribution in [0.2, 0.25) is 0 Å². The van der Waals surface area contributed by atoms with E-state index < -0.39 is 0 Å². The molecule has 0 radical (unpaired) electrons. The van der Waals surface area contributed by atoms with Crippen LogP contribution in [0.25, 0.3) is 0 Å². The van der Waals surface area contributed by atoms with Gasteiger partial charge < -0.3 is 5.11 Å². The van der Waals surface area contributed by atoms with E-state index in [1.165, 1.54) is 19.3 Å². The van der Waals surface area contributed by atoms with Crippen LogP contribution in [0.1, 0.15) is 47.0 Å². The van der Waals surface area contributed by atoms with Crippen molar-refractivity contribution in [2.24, 2.45) is 17.3 Å². The van der Waals surface area contributed by atoms with Crippen LogP contribution in [-0.2, 0) is 0 Å². The zero-order valence-electron chi connectivity index (χ0n) is 8.80. The van der Waals surface area contributed by atoms with E-state index in [1.807, 2.05) is 0 Å². The van der Waals surface area contributed by atoms with Crippen molar-refractivity contribution in [3.05, 3.63) is 0 Å². The lowest BCUT2D eigenvalue weighted by atomic mass is 9.86. The van der Waals surface area contributed by atoms with Gasteiger partial charge in [0.2, 0.25) is 0 Å². The Balaban J connectivity index is 2.47. The average molecular weight is 170 g/mol. The highest BCUT2D eigenvalue weighted by Gasteiger charge is 2.35. The van der Waals surface area contributed by atoms with Gasteiger partial charge in [-0.15, -0.1) is 0 Å². The van der Waals surface area contributed by atoms with E-state index in [2.05, 4.69) is 27.7 Å². The molecule has 2 atom stereocenters. The number of hydrogen-bond acceptors (Lipinski definition) is 1. The van der Waals surface area contributed by atoms with Gasteiger partial charge in [-0.2, -0.15) is 0 Å². The number of hydrogen-bond donors (Lipinski definition) is 1. The Kier molecular flexibility index (Phi) is 2.82. The van der Waals surface area contributed by atoms with Crippen LogP contribution in [0.4, 0.5) is 0 Å². The molecule has 1 fully saturated rings. The van der Waals surface area contributed by atoms with E-state index in [0.717, 1.165) is 0 Å². The van der Waals surface area contributed by atoms with Crippen LogP contribution in [0.5, 0.6) is 0 Å². The smallest absolute Gasteiger partial charge is 0.0591 e. The molecule has 0 spiro atoms. The molecule has 1 aliphatic rings. The Labute approximate surface area is 76.2 Å². The lowest BCUT2D eigenvalue weighted by Gasteiger charge is -2.23. The van der Waals surface area contributed by atoms with Gasteiger partial charge in [0.1, 0.15) is 0 Å². The van der Waals surface area contributed by atoms with Gasteiger partial charge in [0.25, 0.3) is 0 Å². The van der Waals surface area contributed by atoms with E-state index in [-0.39, 0.29) is 6.10 Å². The maximum atomic E-state index is 9.86. The molecule has 2 unspecified atom stereocenters. The molecule has 1 aliphatic carbocycles. The summed E-state index contributed by atoms with van der Waals surface area (Å²) in [5.74, 6) is 0.976. The number of aliphatic hydroxyl groups excluding tert-OH is 1. The van der Waals surface area contributed by atoms with Crippen molar-refractivity contribution in [3.8, 4) is 0 Å². The van der Waals surface area contributed by atoms with Crippen molar-refractivity contribution in [2.45, 2.75) is 53.1 Å². The fraction of sp³-hybridized carbons (Fsp3) is 1.00. The van der Waals surface area contributed by atoms with E-state index in [1.54, 1.807) is 0 Å². The lowest BCUT2D eigenvalue weighted by molar-refractivity contribution is 0.0626. The van der Waals surface area contributed by atoms with E-state index >= 15 is 0 Å². The first-order valence-electron chi connectivity index (χ1n) is 5.10. The van der Waals surface area contributed by atoms with Gasteiger partial charge in [0.15, 0.2) is 0 Å². The SMILES string of the molecule is CC(C)C(O)C1CCC(C)(C)C1. The van der Waals surface area contributed by atoms with Crippen molar-refractivity contribution < 1.29 is 5.11 Å². The molecular formula is C11H22O. The predicted octanol–water partition coefficient (Wildman–Crippen LogP) is 2.83. The maximum absolute atomic E-state index is 9.86. The fourth-order valence-corrected chi connectivity index (χ4v) is 2.33. The Bertz CT molecular complexity index is 149. The first-order valence-corrected chi connectivity index (χ1v) is 5.10. The van der Waals surface area contributed by atoms with Gasteiger partial charge in [-0.3, -0.25) is 0 Å². The molecule has 0 aromatic carbocycles. The van der Waals surface area contributed by atoms with Crippen LogP contribution in [0.3, 0.4) is 0 Å². The van der Waals surface area contributed by atoms with Gasteiger partial charge in [-0.05, 0) is 36.5 Å². The third-order valence-corrected chi connectivity index (χ3v) is 3.17. The summed E-state index contributed by atoms with van der Waals surface area (Å²) in [6, 6.07) is 0. The number of rotatable bonds is 2. The summed E-state index contributed by atoms with van der Waals surface area (Å²) in [7, 11) is 0. The van der Waals surface area contributed by atoms with Crippen molar-refractivity contribution in [2.75, 3.05) is 0 Å². The number of aliphatic hydroxyl groups is 1. The first kappa shape index (κ1) is 10.0. The second kappa shape index (κ2) is 3.37. The fourth-order valence-electron chi connectivity index (χ4n) is 2.33. The highest BCUT2D eigenvalue weighted by molar-refractivity contribution is 4.86. The van der Waals surface area contributed by atoms with Crippen LogP contribution >= 0.6 is 0 Å². The molecule has 1 N–H and O–H groups in total. The van der Waals surface area contributed by atoms with Crippen molar-refractivity contribution in [1.82, 2.24) is 0 Å². The molecule has 1 saturated carbocycles. The highest BCUT2D eigenvalue weighted by atomic mass is 16.3. The summed E-state index contributed by atoms with van der Waals surface area (Å²) < 4.78 is 0. The van der Waals surface area contributed by atoms with Crippen molar-refractivity contribution >= 4 is 0 Å². The summed E-state index contributed by atoms with van der Waals surface area (Å²) in [6.07, 6.45) is 3.62. The molecule has 0 saturated heterocycles. The minimum Gasteiger partial charge on any atom is -0.393 e. The van der Waals surface area contributed by atoms with Gasteiger partial charge in [-0.1, -0.05) is 27.7 Å². The minimum atomic E-state index is -0.0771. The van der Waals surface area contributed by atoms with Crippen LogP contribution in [0, 0.1) is 17.3 Å². The van der Waals surface area contributed by atoms with Crippen LogP contribution < -0.4 is 0 Å². The predicted molar refractivity (Wildman–Crippen MR) is 52.0 cm³/mol. The molecule has 12 heavy (non-hydrogen) atoms.